The van der Waals surface area contributed by atoms with Crippen molar-refractivity contribution in [1.29, 1.82) is 0 Å². The van der Waals surface area contributed by atoms with Crippen molar-refractivity contribution in [2.45, 2.75) is 6.92 Å². The number of benzene rings is 2. The Hall–Kier alpha value is -2.69. The van der Waals surface area contributed by atoms with E-state index in [1.54, 1.807) is 24.3 Å². The minimum atomic E-state index is -0.320. The van der Waals surface area contributed by atoms with E-state index in [-0.39, 0.29) is 26.3 Å². The number of amides is 2. The second kappa shape index (κ2) is 7.25. The summed E-state index contributed by atoms with van der Waals surface area (Å²) in [6.45, 7) is 1.99. The molecule has 0 atom stereocenters. The molecule has 0 unspecified atom stereocenters. The zero-order chi connectivity index (χ0) is 16.9. The van der Waals surface area contributed by atoms with Gasteiger partial charge in [0, 0.05) is 0 Å². The van der Waals surface area contributed by atoms with Crippen molar-refractivity contribution in [3.63, 3.8) is 0 Å². The topological polar surface area (TPSA) is 71.1 Å². The molecule has 0 fully saturated rings. The van der Waals surface area contributed by atoms with Crippen molar-refractivity contribution in [2.75, 3.05) is 10.6 Å². The van der Waals surface area contributed by atoms with Crippen LogP contribution in [-0.4, -0.2) is 31.3 Å². The molecule has 2 amide bonds. The van der Waals surface area contributed by atoms with Crippen molar-refractivity contribution < 1.29 is 9.59 Å². The first-order chi connectivity index (χ1) is 11.6. The molecule has 0 aliphatic heterocycles. The zero-order valence-electron chi connectivity index (χ0n) is 12.9. The number of carbonyl (C=O) groups is 2. The number of anilines is 2. The van der Waals surface area contributed by atoms with Gasteiger partial charge in [-0.15, -0.1) is 0 Å². The average molecular weight is 384 g/mol. The van der Waals surface area contributed by atoms with Gasteiger partial charge < -0.3 is 0 Å². The second-order valence-corrected chi connectivity index (χ2v) is 7.33. The maximum absolute atomic E-state index is 12.3. The molecule has 0 spiro atoms. The molecule has 1 aromatic heterocycles. The quantitative estimate of drug-likeness (QED) is 0.680. The van der Waals surface area contributed by atoms with Gasteiger partial charge in [0.15, 0.2) is 0 Å². The molecule has 0 bridgehead atoms. The molecule has 0 aliphatic rings. The van der Waals surface area contributed by atoms with Crippen molar-refractivity contribution >= 4 is 36.7 Å². The number of hydrogen-bond donors (Lipinski definition) is 2. The van der Waals surface area contributed by atoms with Gasteiger partial charge in [-0.1, -0.05) is 0 Å². The van der Waals surface area contributed by atoms with Crippen LogP contribution in [0.3, 0.4) is 0 Å². The summed E-state index contributed by atoms with van der Waals surface area (Å²) in [5.41, 5.74) is 2.43. The fraction of sp³-hybridized carbons (Fsp3) is 0.0556. The fourth-order valence-corrected chi connectivity index (χ4v) is 3.51. The van der Waals surface area contributed by atoms with Crippen molar-refractivity contribution in [2.24, 2.45) is 0 Å². The molecule has 120 valence electrons. The molecule has 0 saturated carbocycles. The standard InChI is InChI=1S/C18H15N3O2Se/c1-12-7-9-14(10-8-12)20-17(23)15-11-19-18(24-15)21-16(22)13-5-3-2-4-6-13/h2-11H,1H3,(H,20,23)(H,19,21,22). The molecular formula is C18H15N3O2Se. The molecule has 2 N–H and O–H groups in total. The van der Waals surface area contributed by atoms with Gasteiger partial charge in [-0.25, -0.2) is 0 Å². The predicted octanol–water partition coefficient (Wildman–Crippen LogP) is 2.95. The van der Waals surface area contributed by atoms with Crippen LogP contribution in [0.2, 0.25) is 0 Å². The Morgan fingerprint density at radius 3 is 2.33 bits per heavy atom. The molecule has 2 aromatic carbocycles. The van der Waals surface area contributed by atoms with Crippen LogP contribution in [0.1, 0.15) is 25.2 Å². The monoisotopic (exact) mass is 385 g/mol. The Labute approximate surface area is 145 Å². The van der Waals surface area contributed by atoms with E-state index >= 15 is 0 Å². The third-order valence-corrected chi connectivity index (χ3v) is 5.21. The number of carbonyl (C=O) groups excluding carboxylic acids is 2. The summed E-state index contributed by atoms with van der Waals surface area (Å²) < 4.78 is 1.11. The number of aromatic nitrogens is 1. The van der Waals surface area contributed by atoms with E-state index in [4.69, 9.17) is 0 Å². The molecule has 0 saturated heterocycles. The molecule has 0 aliphatic carbocycles. The van der Waals surface area contributed by atoms with Crippen LogP contribution in [0.15, 0.2) is 60.8 Å². The summed E-state index contributed by atoms with van der Waals surface area (Å²) in [6.07, 6.45) is 1.52. The Kier molecular flexibility index (Phi) is 4.89. The first-order valence-corrected chi connectivity index (χ1v) is 9.03. The second-order valence-electron chi connectivity index (χ2n) is 5.17. The molecule has 1 heterocycles. The number of hydrogen-bond acceptors (Lipinski definition) is 3. The van der Waals surface area contributed by atoms with Gasteiger partial charge in [0.2, 0.25) is 0 Å². The third kappa shape index (κ3) is 3.98. The Morgan fingerprint density at radius 2 is 1.62 bits per heavy atom. The molecule has 3 aromatic rings. The van der Waals surface area contributed by atoms with Crippen LogP contribution in [-0.2, 0) is 0 Å². The average Bonchev–Trinajstić information content (AvgIpc) is 3.06. The Morgan fingerprint density at radius 1 is 0.917 bits per heavy atom. The zero-order valence-corrected chi connectivity index (χ0v) is 14.7. The number of aryl methyl sites for hydroxylation is 1. The van der Waals surface area contributed by atoms with Crippen LogP contribution < -0.4 is 10.6 Å². The number of rotatable bonds is 4. The van der Waals surface area contributed by atoms with Gasteiger partial charge in [-0.3, -0.25) is 0 Å². The molecule has 6 heteroatoms. The molecule has 0 radical (unpaired) electrons. The fourth-order valence-electron chi connectivity index (χ4n) is 2.03. The first kappa shape index (κ1) is 16.2. The van der Waals surface area contributed by atoms with Gasteiger partial charge in [0.25, 0.3) is 0 Å². The molecule has 5 nitrogen and oxygen atoms in total. The van der Waals surface area contributed by atoms with E-state index in [1.165, 1.54) is 6.20 Å². The van der Waals surface area contributed by atoms with Crippen LogP contribution in [0.25, 0.3) is 0 Å². The van der Waals surface area contributed by atoms with E-state index in [9.17, 15) is 9.59 Å². The number of nitrogens with one attached hydrogen (secondary N) is 2. The SMILES string of the molecule is Cc1ccc(NC(=O)c2cnc(NC(=O)c3ccccc3)[se]2)cc1. The van der Waals surface area contributed by atoms with Crippen LogP contribution in [0.5, 0.6) is 0 Å². The van der Waals surface area contributed by atoms with Gasteiger partial charge in [0.05, 0.1) is 0 Å². The molecule has 3 rings (SSSR count). The summed E-state index contributed by atoms with van der Waals surface area (Å²) in [5, 5.41) is 5.60. The maximum atomic E-state index is 12.3. The summed E-state index contributed by atoms with van der Waals surface area (Å²) >= 11 is -0.320. The predicted molar refractivity (Wildman–Crippen MR) is 94.7 cm³/mol. The Balaban J connectivity index is 1.65. The summed E-state index contributed by atoms with van der Waals surface area (Å²) in [5.74, 6) is -0.406. The van der Waals surface area contributed by atoms with Crippen molar-refractivity contribution in [3.8, 4) is 0 Å². The molecular weight excluding hydrogens is 369 g/mol. The van der Waals surface area contributed by atoms with Crippen molar-refractivity contribution in [3.05, 3.63) is 76.4 Å². The van der Waals surface area contributed by atoms with E-state index in [2.05, 4.69) is 15.6 Å². The van der Waals surface area contributed by atoms with Crippen LogP contribution in [0.4, 0.5) is 10.4 Å². The molecule has 24 heavy (non-hydrogen) atoms. The summed E-state index contributed by atoms with van der Waals surface area (Å²) in [6, 6.07) is 16.5. The van der Waals surface area contributed by atoms with E-state index in [1.807, 2.05) is 37.3 Å². The van der Waals surface area contributed by atoms with Gasteiger partial charge in [0.1, 0.15) is 0 Å². The minimum absolute atomic E-state index is 0.188. The van der Waals surface area contributed by atoms with Crippen molar-refractivity contribution in [1.82, 2.24) is 4.98 Å². The van der Waals surface area contributed by atoms with Crippen LogP contribution >= 0.6 is 0 Å². The summed E-state index contributed by atoms with van der Waals surface area (Å²) in [4.78, 5) is 28.5. The normalized spacial score (nSPS) is 10.2. The van der Waals surface area contributed by atoms with Gasteiger partial charge in [-0.05, 0) is 0 Å². The summed E-state index contributed by atoms with van der Waals surface area (Å²) in [7, 11) is 0. The van der Waals surface area contributed by atoms with E-state index in [0.29, 0.717) is 14.7 Å². The van der Waals surface area contributed by atoms with Gasteiger partial charge >= 0.3 is 145 Å². The van der Waals surface area contributed by atoms with E-state index in [0.717, 1.165) is 11.3 Å². The third-order valence-electron chi connectivity index (χ3n) is 3.30. The van der Waals surface area contributed by atoms with Gasteiger partial charge in [-0.2, -0.15) is 0 Å². The first-order valence-electron chi connectivity index (χ1n) is 7.32. The van der Waals surface area contributed by atoms with Crippen LogP contribution in [0, 0.1) is 6.92 Å². The Bertz CT molecular complexity index is 857. The number of nitrogens with zero attached hydrogens (tertiary/aromatic N) is 1. The van der Waals surface area contributed by atoms with E-state index < -0.39 is 0 Å².